The van der Waals surface area contributed by atoms with Gasteiger partial charge in [0.2, 0.25) is 21.7 Å². The van der Waals surface area contributed by atoms with Crippen LogP contribution in [0.5, 0.6) is 0 Å². The summed E-state index contributed by atoms with van der Waals surface area (Å²) >= 11 is 0. The van der Waals surface area contributed by atoms with Crippen molar-refractivity contribution in [1.82, 2.24) is 0 Å². The summed E-state index contributed by atoms with van der Waals surface area (Å²) in [6.07, 6.45) is 1.77. The highest BCUT2D eigenvalue weighted by Gasteiger charge is 2.13. The van der Waals surface area contributed by atoms with Crippen LogP contribution in [0.25, 0.3) is 21.9 Å². The van der Waals surface area contributed by atoms with E-state index in [1.807, 2.05) is 25.1 Å². The van der Waals surface area contributed by atoms with E-state index in [0.717, 1.165) is 16.8 Å². The fraction of sp³-hybridized carbons (Fsp3) is 0.148. The smallest absolute Gasteiger partial charge is 0.233 e. The number of para-hydroxylation sites is 1. The van der Waals surface area contributed by atoms with Crippen LogP contribution in [0.1, 0.15) is 36.5 Å². The number of benzene rings is 3. The molecule has 1 heterocycles. The van der Waals surface area contributed by atoms with Gasteiger partial charge in [0.1, 0.15) is 0 Å². The Morgan fingerprint density at radius 3 is 2.12 bits per heavy atom. The van der Waals surface area contributed by atoms with Gasteiger partial charge < -0.3 is 8.83 Å². The van der Waals surface area contributed by atoms with Crippen molar-refractivity contribution in [2.45, 2.75) is 26.7 Å². The van der Waals surface area contributed by atoms with Crippen LogP contribution in [0.4, 0.5) is 5.69 Å². The minimum absolute atomic E-state index is 0.0656. The van der Waals surface area contributed by atoms with E-state index in [4.69, 9.17) is 13.8 Å². The number of fused-ring (bicyclic) bond motifs is 2. The van der Waals surface area contributed by atoms with Crippen LogP contribution in [-0.2, 0) is 0 Å². The normalized spacial score (nSPS) is 12.0. The van der Waals surface area contributed by atoms with Crippen LogP contribution in [0, 0.1) is 17.8 Å². The molecule has 0 atom stereocenters. The van der Waals surface area contributed by atoms with E-state index in [0.29, 0.717) is 27.9 Å². The molecule has 0 fully saturated rings. The highest BCUT2D eigenvalue weighted by molar-refractivity contribution is 5.87. The molecule has 0 N–H and O–H groups in total. The molecule has 2 aliphatic rings. The second-order valence-corrected chi connectivity index (χ2v) is 8.20. The van der Waals surface area contributed by atoms with Gasteiger partial charge in [0.05, 0.1) is 5.69 Å². The van der Waals surface area contributed by atoms with Gasteiger partial charge >= 0.3 is 0 Å². The summed E-state index contributed by atoms with van der Waals surface area (Å²) in [5, 5.41) is 0.646. The molecule has 32 heavy (non-hydrogen) atoms. The molecule has 0 unspecified atom stereocenters. The van der Waals surface area contributed by atoms with Gasteiger partial charge in [-0.05, 0) is 47.7 Å². The van der Waals surface area contributed by atoms with Gasteiger partial charge in [-0.3, -0.25) is 14.6 Å². The number of nitrogens with zero attached hydrogens (tertiary/aromatic N) is 1. The summed E-state index contributed by atoms with van der Waals surface area (Å²) in [6.45, 7) is 6.33. The van der Waals surface area contributed by atoms with Gasteiger partial charge in [-0.2, -0.15) is 0 Å². The third kappa shape index (κ3) is 3.23. The van der Waals surface area contributed by atoms with Gasteiger partial charge in [0, 0.05) is 17.0 Å². The van der Waals surface area contributed by atoms with Crippen molar-refractivity contribution in [1.29, 1.82) is 0 Å². The maximum Gasteiger partial charge on any atom is 0.233 e. The first-order valence-electron chi connectivity index (χ1n) is 10.5. The van der Waals surface area contributed by atoms with Crippen molar-refractivity contribution in [2.75, 3.05) is 0 Å². The topological polar surface area (TPSA) is 72.8 Å². The Kier molecular flexibility index (Phi) is 4.74. The average molecular weight is 423 g/mol. The van der Waals surface area contributed by atoms with Gasteiger partial charge in [-0.25, -0.2) is 0 Å². The first-order chi connectivity index (χ1) is 15.4. The van der Waals surface area contributed by atoms with E-state index < -0.39 is 0 Å². The van der Waals surface area contributed by atoms with Crippen molar-refractivity contribution < 1.29 is 8.83 Å². The molecule has 5 nitrogen and oxygen atoms in total. The minimum Gasteiger partial charge on any atom is -0.445 e. The van der Waals surface area contributed by atoms with E-state index in [9.17, 15) is 9.59 Å². The Balaban J connectivity index is 1.69. The number of hydrogen-bond donors (Lipinski definition) is 0. The number of rotatable bonds is 3. The number of aliphatic imine (C=N–C) groups is 1. The molecule has 5 rings (SSSR count). The van der Waals surface area contributed by atoms with E-state index in [1.54, 1.807) is 42.6 Å². The van der Waals surface area contributed by atoms with Crippen molar-refractivity contribution in [3.05, 3.63) is 109 Å². The van der Waals surface area contributed by atoms with Crippen molar-refractivity contribution in [2.24, 2.45) is 4.99 Å². The Morgan fingerprint density at radius 1 is 0.812 bits per heavy atom. The van der Waals surface area contributed by atoms with Crippen LogP contribution >= 0.6 is 0 Å². The van der Waals surface area contributed by atoms with Crippen molar-refractivity contribution in [3.63, 3.8) is 0 Å². The largest absolute Gasteiger partial charge is 0.445 e. The Bertz CT molecular complexity index is 1710. The molecule has 0 saturated carbocycles. The summed E-state index contributed by atoms with van der Waals surface area (Å²) in [7, 11) is 0. The molecule has 0 aromatic heterocycles. The quantitative estimate of drug-likeness (QED) is 0.344. The molecule has 158 valence electrons. The Labute approximate surface area is 183 Å². The summed E-state index contributed by atoms with van der Waals surface area (Å²) in [5.41, 5.74) is 3.94. The lowest BCUT2D eigenvalue weighted by atomic mass is 9.98. The molecule has 5 heteroatoms. The maximum atomic E-state index is 12.9. The van der Waals surface area contributed by atoms with E-state index in [-0.39, 0.29) is 21.7 Å². The zero-order valence-electron chi connectivity index (χ0n) is 18.0. The van der Waals surface area contributed by atoms with Gasteiger partial charge in [-0.15, -0.1) is 0 Å². The van der Waals surface area contributed by atoms with Crippen LogP contribution in [0.3, 0.4) is 0 Å². The lowest BCUT2D eigenvalue weighted by molar-refractivity contribution is 0.467. The van der Waals surface area contributed by atoms with Crippen LogP contribution in [0.2, 0.25) is 0 Å². The predicted molar refractivity (Wildman–Crippen MR) is 126 cm³/mol. The molecule has 1 aliphatic carbocycles. The Morgan fingerprint density at radius 2 is 1.47 bits per heavy atom. The standard InChI is InChI=1S/C27H21NO4/c1-15(2)18-10-6-7-16(3)23(18)28-14-17-11-12-21-22(13-17)32-27-25(30)20-9-5-4-8-19(20)24(29)26(27)31-21/h4-15H,1-3H3. The third-order valence-electron chi connectivity index (χ3n) is 5.66. The van der Waals surface area contributed by atoms with E-state index in [1.165, 1.54) is 5.56 Å². The monoisotopic (exact) mass is 423 g/mol. The molecular formula is C27H21NO4. The van der Waals surface area contributed by atoms with Gasteiger partial charge in [0.15, 0.2) is 11.2 Å². The molecule has 3 aromatic rings. The molecule has 0 amide bonds. The van der Waals surface area contributed by atoms with Crippen molar-refractivity contribution in [3.8, 4) is 0 Å². The highest BCUT2D eigenvalue weighted by atomic mass is 16.4. The molecule has 0 radical (unpaired) electrons. The van der Waals surface area contributed by atoms with Gasteiger partial charge in [-0.1, -0.05) is 56.3 Å². The zero-order chi connectivity index (χ0) is 22.4. The second kappa shape index (κ2) is 7.61. The summed E-state index contributed by atoms with van der Waals surface area (Å²) in [4.78, 5) is 30.4. The molecule has 0 spiro atoms. The summed E-state index contributed by atoms with van der Waals surface area (Å²) in [5.74, 6) is 0.352. The van der Waals surface area contributed by atoms with Crippen LogP contribution < -0.4 is 10.9 Å². The summed E-state index contributed by atoms with van der Waals surface area (Å²) in [6, 6.07) is 18.2. The fourth-order valence-electron chi connectivity index (χ4n) is 3.97. The average Bonchev–Trinajstić information content (AvgIpc) is 2.80. The first-order valence-corrected chi connectivity index (χ1v) is 10.5. The Hall–Kier alpha value is -3.99. The van der Waals surface area contributed by atoms with E-state index >= 15 is 0 Å². The first kappa shape index (κ1) is 19.9. The zero-order valence-corrected chi connectivity index (χ0v) is 18.0. The minimum atomic E-state index is -0.360. The lowest BCUT2D eigenvalue weighted by Gasteiger charge is -2.11. The SMILES string of the molecule is Cc1cccc(C(C)C)c1N=Cc1ccc2oc3c(=O)c4ccccc4c(=O)c=3oc2c1. The predicted octanol–water partition coefficient (Wildman–Crippen LogP) is 5.81. The maximum absolute atomic E-state index is 12.9. The molecule has 1 aliphatic heterocycles. The number of aryl methyl sites for hydroxylation is 1. The molecule has 0 bridgehead atoms. The van der Waals surface area contributed by atoms with Crippen LogP contribution in [0.15, 0.2) is 84.1 Å². The number of hydrogen-bond acceptors (Lipinski definition) is 5. The van der Waals surface area contributed by atoms with Crippen molar-refractivity contribution >= 4 is 33.8 Å². The van der Waals surface area contributed by atoms with E-state index in [2.05, 4.69) is 19.9 Å². The summed E-state index contributed by atoms with van der Waals surface area (Å²) < 4.78 is 11.7. The third-order valence-corrected chi connectivity index (χ3v) is 5.66. The van der Waals surface area contributed by atoms with Gasteiger partial charge in [0.25, 0.3) is 0 Å². The second-order valence-electron chi connectivity index (χ2n) is 8.20. The van der Waals surface area contributed by atoms with Crippen LogP contribution in [-0.4, -0.2) is 6.21 Å². The highest BCUT2D eigenvalue weighted by Crippen LogP contribution is 2.30. The molecule has 0 saturated heterocycles. The molecular weight excluding hydrogens is 402 g/mol. The molecule has 3 aromatic carbocycles. The fourth-order valence-corrected chi connectivity index (χ4v) is 3.97. The lowest BCUT2D eigenvalue weighted by Crippen LogP contribution is -2.14.